The standard InChI is InChI=1S/C63H59BFN3/c1-60(2,3)45-24-28-48(29-25-45)66-55-31-26-46(61(4,5)6)37-53(55)64-52-30-23-44(42-19-13-10-14-20-42)36-56(52)67(49-22-15-21-43(35-49)41-17-11-9-12-18-41)58-40-50(39-57(66)59(58)64)68-54-32-27-47(65)38-51(54)62(7)33-16-34-63(62,68)8/h9-15,17-32,35-40H,16,33-34H2,1-8H3. The van der Waals surface area contributed by atoms with Gasteiger partial charge in [0.25, 0.3) is 6.71 Å². The largest absolute Gasteiger partial charge is 0.334 e. The first-order chi connectivity index (χ1) is 32.6. The summed E-state index contributed by atoms with van der Waals surface area (Å²) in [6.07, 6.45) is 3.11. The quantitative estimate of drug-likeness (QED) is 0.159. The molecule has 336 valence electrons. The normalized spacial score (nSPS) is 19.1. The van der Waals surface area contributed by atoms with E-state index in [2.05, 4.69) is 228 Å². The number of hydrogen-bond acceptors (Lipinski definition) is 3. The third-order valence-corrected chi connectivity index (χ3v) is 16.3. The van der Waals surface area contributed by atoms with Crippen molar-refractivity contribution in [3.63, 3.8) is 0 Å². The van der Waals surface area contributed by atoms with Gasteiger partial charge in [-0.3, -0.25) is 0 Å². The van der Waals surface area contributed by atoms with Crippen LogP contribution in [-0.4, -0.2) is 12.3 Å². The average Bonchev–Trinajstić information content (AvgIpc) is 3.74. The van der Waals surface area contributed by atoms with E-state index in [9.17, 15) is 0 Å². The van der Waals surface area contributed by atoms with E-state index in [1.807, 2.05) is 12.1 Å². The summed E-state index contributed by atoms with van der Waals surface area (Å²) >= 11 is 0. The zero-order chi connectivity index (χ0) is 46.9. The number of hydrogen-bond donors (Lipinski definition) is 0. The molecule has 0 radical (unpaired) electrons. The summed E-state index contributed by atoms with van der Waals surface area (Å²) in [7, 11) is 0. The van der Waals surface area contributed by atoms with Crippen molar-refractivity contribution in [1.29, 1.82) is 0 Å². The fraction of sp³-hybridized carbons (Fsp3) is 0.238. The zero-order valence-corrected chi connectivity index (χ0v) is 40.7. The van der Waals surface area contributed by atoms with Crippen molar-refractivity contribution in [3.8, 4) is 22.3 Å². The van der Waals surface area contributed by atoms with E-state index in [-0.39, 0.29) is 34.3 Å². The molecule has 2 atom stereocenters. The van der Waals surface area contributed by atoms with Crippen LogP contribution in [0.4, 0.5) is 49.9 Å². The topological polar surface area (TPSA) is 9.72 Å². The van der Waals surface area contributed by atoms with Crippen molar-refractivity contribution >= 4 is 68.6 Å². The first kappa shape index (κ1) is 42.5. The molecule has 1 aliphatic carbocycles. The second-order valence-electron chi connectivity index (χ2n) is 22.3. The van der Waals surface area contributed by atoms with Crippen LogP contribution in [-0.2, 0) is 16.2 Å². The molecular weight excluding hydrogens is 829 g/mol. The molecule has 3 aliphatic heterocycles. The Hall–Kier alpha value is -6.85. The summed E-state index contributed by atoms with van der Waals surface area (Å²) in [5.74, 6) is -0.170. The first-order valence-electron chi connectivity index (χ1n) is 24.6. The van der Waals surface area contributed by atoms with Crippen LogP contribution in [0.1, 0.15) is 91.3 Å². The summed E-state index contributed by atoms with van der Waals surface area (Å²) < 4.78 is 15.5. The summed E-state index contributed by atoms with van der Waals surface area (Å²) in [6, 6.07) is 64.9. The zero-order valence-electron chi connectivity index (χ0n) is 40.7. The molecule has 4 aliphatic rings. The lowest BCUT2D eigenvalue weighted by Crippen LogP contribution is -2.61. The summed E-state index contributed by atoms with van der Waals surface area (Å²) in [5.41, 5.74) is 20.9. The molecule has 0 amide bonds. The predicted octanol–water partition coefficient (Wildman–Crippen LogP) is 15.2. The van der Waals surface area contributed by atoms with Gasteiger partial charge in [-0.2, -0.15) is 0 Å². The number of nitrogens with zero attached hydrogens (tertiary/aromatic N) is 3. The maximum absolute atomic E-state index is 15.5. The van der Waals surface area contributed by atoms with Gasteiger partial charge in [-0.05, 0) is 153 Å². The van der Waals surface area contributed by atoms with Crippen LogP contribution in [0.3, 0.4) is 0 Å². The van der Waals surface area contributed by atoms with Crippen LogP contribution < -0.4 is 31.1 Å². The molecule has 0 spiro atoms. The second-order valence-corrected chi connectivity index (χ2v) is 22.3. The Labute approximate surface area is 403 Å². The summed E-state index contributed by atoms with van der Waals surface area (Å²) in [4.78, 5) is 7.71. The van der Waals surface area contributed by atoms with Crippen molar-refractivity contribution in [2.75, 3.05) is 14.7 Å². The number of fused-ring (bicyclic) bond motifs is 7. The molecule has 0 bridgehead atoms. The molecule has 5 heteroatoms. The van der Waals surface area contributed by atoms with E-state index in [1.54, 1.807) is 6.07 Å². The van der Waals surface area contributed by atoms with Gasteiger partial charge in [-0.1, -0.05) is 164 Å². The van der Waals surface area contributed by atoms with Gasteiger partial charge in [0.15, 0.2) is 0 Å². The van der Waals surface area contributed by atoms with Gasteiger partial charge in [-0.15, -0.1) is 0 Å². The van der Waals surface area contributed by atoms with Crippen LogP contribution in [0.5, 0.6) is 0 Å². The predicted molar refractivity (Wildman–Crippen MR) is 287 cm³/mol. The van der Waals surface area contributed by atoms with E-state index in [0.717, 1.165) is 53.3 Å². The molecule has 2 unspecified atom stereocenters. The Morgan fingerprint density at radius 1 is 0.456 bits per heavy atom. The van der Waals surface area contributed by atoms with Crippen LogP contribution in [0.2, 0.25) is 0 Å². The molecule has 68 heavy (non-hydrogen) atoms. The molecule has 12 rings (SSSR count). The average molecular weight is 888 g/mol. The van der Waals surface area contributed by atoms with Gasteiger partial charge in [0.1, 0.15) is 5.82 Å². The maximum Gasteiger partial charge on any atom is 0.252 e. The molecule has 1 saturated carbocycles. The molecule has 0 aromatic heterocycles. The van der Waals surface area contributed by atoms with Gasteiger partial charge in [-0.25, -0.2) is 4.39 Å². The highest BCUT2D eigenvalue weighted by Crippen LogP contribution is 2.63. The van der Waals surface area contributed by atoms with Gasteiger partial charge in [0, 0.05) is 50.9 Å². The molecule has 0 saturated heterocycles. The fourth-order valence-corrected chi connectivity index (χ4v) is 12.5. The highest BCUT2D eigenvalue weighted by Gasteiger charge is 2.60. The van der Waals surface area contributed by atoms with E-state index < -0.39 is 0 Å². The minimum absolute atomic E-state index is 0.00716. The molecule has 0 N–H and O–H groups in total. The van der Waals surface area contributed by atoms with Gasteiger partial charge in [0.05, 0.1) is 5.54 Å². The van der Waals surface area contributed by atoms with Crippen LogP contribution in [0.15, 0.2) is 176 Å². The molecular formula is C63H59BFN3. The van der Waals surface area contributed by atoms with E-state index in [4.69, 9.17) is 0 Å². The summed E-state index contributed by atoms with van der Waals surface area (Å²) in [5, 5.41) is 0. The third-order valence-electron chi connectivity index (χ3n) is 16.3. The third kappa shape index (κ3) is 6.37. The van der Waals surface area contributed by atoms with Crippen molar-refractivity contribution < 1.29 is 4.39 Å². The molecule has 3 nitrogen and oxygen atoms in total. The second kappa shape index (κ2) is 15.1. The fourth-order valence-electron chi connectivity index (χ4n) is 12.5. The van der Waals surface area contributed by atoms with Crippen LogP contribution in [0, 0.1) is 5.82 Å². The molecule has 3 heterocycles. The van der Waals surface area contributed by atoms with Crippen molar-refractivity contribution in [2.24, 2.45) is 0 Å². The van der Waals surface area contributed by atoms with Gasteiger partial charge < -0.3 is 14.7 Å². The molecule has 8 aromatic rings. The minimum Gasteiger partial charge on any atom is -0.334 e. The lowest BCUT2D eigenvalue weighted by Gasteiger charge is -2.47. The Morgan fingerprint density at radius 2 is 1.06 bits per heavy atom. The summed E-state index contributed by atoms with van der Waals surface area (Å²) in [6.45, 7) is 18.6. The van der Waals surface area contributed by atoms with E-state index >= 15 is 4.39 Å². The lowest BCUT2D eigenvalue weighted by atomic mass is 9.33. The van der Waals surface area contributed by atoms with Gasteiger partial charge >= 0.3 is 0 Å². The molecule has 8 aromatic carbocycles. The Bertz CT molecular complexity index is 3290. The number of halogens is 1. The number of rotatable bonds is 5. The highest BCUT2D eigenvalue weighted by molar-refractivity contribution is 7.00. The smallest absolute Gasteiger partial charge is 0.252 e. The van der Waals surface area contributed by atoms with Crippen molar-refractivity contribution in [3.05, 3.63) is 198 Å². The van der Waals surface area contributed by atoms with E-state index in [0.29, 0.717) is 0 Å². The van der Waals surface area contributed by atoms with Crippen LogP contribution >= 0.6 is 0 Å². The SMILES string of the molecule is CC(C)(C)c1ccc(N2c3ccc(C(C)(C)C)cc3B3c4ccc(-c5ccccc5)cc4N(c4cccc(-c5ccccc5)c4)c4cc(N5c6ccc(F)cc6C6(C)CCCC56C)cc2c43)cc1. The Balaban J connectivity index is 1.21. The Kier molecular flexibility index (Phi) is 9.43. The van der Waals surface area contributed by atoms with Gasteiger partial charge in [0.2, 0.25) is 0 Å². The van der Waals surface area contributed by atoms with Crippen molar-refractivity contribution in [1.82, 2.24) is 0 Å². The maximum atomic E-state index is 15.5. The molecule has 1 fully saturated rings. The number of anilines is 8. The van der Waals surface area contributed by atoms with Crippen molar-refractivity contribution in [2.45, 2.75) is 96.4 Å². The van der Waals surface area contributed by atoms with E-state index in [1.165, 1.54) is 66.8 Å². The lowest BCUT2D eigenvalue weighted by molar-refractivity contribution is 0.330. The minimum atomic E-state index is -0.276. The first-order valence-corrected chi connectivity index (χ1v) is 24.6. The Morgan fingerprint density at radius 3 is 1.72 bits per heavy atom. The highest BCUT2D eigenvalue weighted by atomic mass is 19.1. The monoisotopic (exact) mass is 887 g/mol. The number of benzene rings is 8. The van der Waals surface area contributed by atoms with Crippen LogP contribution in [0.25, 0.3) is 22.3 Å².